The number of aromatic nitrogens is 3. The van der Waals surface area contributed by atoms with Crippen molar-refractivity contribution in [2.75, 3.05) is 17.2 Å². The molecule has 0 aliphatic heterocycles. The molecular weight excluding hydrogens is 322 g/mol. The monoisotopic (exact) mass is 339 g/mol. The van der Waals surface area contributed by atoms with E-state index in [1.54, 1.807) is 12.4 Å². The molecule has 0 saturated carbocycles. The van der Waals surface area contributed by atoms with Gasteiger partial charge in [0.25, 0.3) is 0 Å². The van der Waals surface area contributed by atoms with Crippen LogP contribution in [0.2, 0.25) is 5.02 Å². The Balaban J connectivity index is 1.83. The van der Waals surface area contributed by atoms with Gasteiger partial charge in [0.2, 0.25) is 5.95 Å². The van der Waals surface area contributed by atoms with Crippen LogP contribution in [0.4, 0.5) is 11.8 Å². The Bertz CT molecular complexity index is 790. The van der Waals surface area contributed by atoms with Crippen LogP contribution < -0.4 is 10.6 Å². The average molecular weight is 340 g/mol. The molecule has 0 atom stereocenters. The molecule has 1 aromatic carbocycles. The summed E-state index contributed by atoms with van der Waals surface area (Å²) in [6.45, 7) is 3.43. The first-order chi connectivity index (χ1) is 11.7. The van der Waals surface area contributed by atoms with Crippen LogP contribution in [0, 0.1) is 0 Å². The fraction of sp³-hybridized carbons (Fsp3) is 0.167. The Morgan fingerprint density at radius 3 is 2.58 bits per heavy atom. The zero-order valence-electron chi connectivity index (χ0n) is 13.3. The third-order valence-corrected chi connectivity index (χ3v) is 3.66. The Morgan fingerprint density at radius 2 is 1.88 bits per heavy atom. The van der Waals surface area contributed by atoms with Crippen LogP contribution in [0.25, 0.3) is 11.3 Å². The molecule has 0 unspecified atom stereocenters. The van der Waals surface area contributed by atoms with E-state index in [9.17, 15) is 0 Å². The van der Waals surface area contributed by atoms with Crippen LogP contribution in [0.5, 0.6) is 0 Å². The second-order valence-corrected chi connectivity index (χ2v) is 5.65. The fourth-order valence-corrected chi connectivity index (χ4v) is 2.36. The number of anilines is 2. The van der Waals surface area contributed by atoms with Crippen molar-refractivity contribution in [3.8, 4) is 11.3 Å². The molecule has 2 N–H and O–H groups in total. The molecule has 3 aromatic rings. The SMILES string of the molecule is CCNc1nc(NCc2ccc(Cl)cc2)cc(-c2cccnc2)n1. The Kier molecular flexibility index (Phi) is 5.23. The van der Waals surface area contributed by atoms with Crippen molar-refractivity contribution >= 4 is 23.4 Å². The number of halogens is 1. The normalized spacial score (nSPS) is 10.4. The highest BCUT2D eigenvalue weighted by atomic mass is 35.5. The van der Waals surface area contributed by atoms with Crippen LogP contribution in [-0.4, -0.2) is 21.5 Å². The zero-order valence-corrected chi connectivity index (χ0v) is 14.1. The summed E-state index contributed by atoms with van der Waals surface area (Å²) < 4.78 is 0. The summed E-state index contributed by atoms with van der Waals surface area (Å²) in [6.07, 6.45) is 3.54. The van der Waals surface area contributed by atoms with Gasteiger partial charge in [-0.25, -0.2) is 4.98 Å². The van der Waals surface area contributed by atoms with Crippen LogP contribution in [0.3, 0.4) is 0 Å². The molecule has 0 radical (unpaired) electrons. The maximum absolute atomic E-state index is 5.92. The molecule has 5 nitrogen and oxygen atoms in total. The summed E-state index contributed by atoms with van der Waals surface area (Å²) in [7, 11) is 0. The Hall–Kier alpha value is -2.66. The summed E-state index contributed by atoms with van der Waals surface area (Å²) in [6, 6.07) is 13.5. The van der Waals surface area contributed by atoms with Crippen molar-refractivity contribution in [1.29, 1.82) is 0 Å². The molecule has 0 fully saturated rings. The topological polar surface area (TPSA) is 62.7 Å². The lowest BCUT2D eigenvalue weighted by atomic mass is 10.2. The second kappa shape index (κ2) is 7.75. The number of pyridine rings is 1. The molecule has 0 aliphatic carbocycles. The van der Waals surface area contributed by atoms with Crippen molar-refractivity contribution in [3.05, 3.63) is 65.4 Å². The minimum atomic E-state index is 0.595. The summed E-state index contributed by atoms with van der Waals surface area (Å²) in [5.74, 6) is 1.35. The van der Waals surface area contributed by atoms with Crippen molar-refractivity contribution in [2.45, 2.75) is 13.5 Å². The van der Waals surface area contributed by atoms with Crippen molar-refractivity contribution in [1.82, 2.24) is 15.0 Å². The first kappa shape index (κ1) is 16.2. The van der Waals surface area contributed by atoms with E-state index in [4.69, 9.17) is 11.6 Å². The number of nitrogens with one attached hydrogen (secondary N) is 2. The third-order valence-electron chi connectivity index (χ3n) is 3.41. The summed E-state index contributed by atoms with van der Waals surface area (Å²) in [4.78, 5) is 13.2. The predicted molar refractivity (Wildman–Crippen MR) is 98.2 cm³/mol. The van der Waals surface area contributed by atoms with E-state index in [-0.39, 0.29) is 0 Å². The van der Waals surface area contributed by atoms with Gasteiger partial charge in [-0.15, -0.1) is 0 Å². The molecular formula is C18H18ClN5. The van der Waals surface area contributed by atoms with E-state index >= 15 is 0 Å². The van der Waals surface area contributed by atoms with E-state index in [0.717, 1.165) is 34.2 Å². The van der Waals surface area contributed by atoms with Gasteiger partial charge in [-0.2, -0.15) is 4.98 Å². The quantitative estimate of drug-likeness (QED) is 0.703. The highest BCUT2D eigenvalue weighted by molar-refractivity contribution is 6.30. The van der Waals surface area contributed by atoms with Gasteiger partial charge in [0.05, 0.1) is 5.69 Å². The molecule has 6 heteroatoms. The highest BCUT2D eigenvalue weighted by Crippen LogP contribution is 2.21. The first-order valence-electron chi connectivity index (χ1n) is 7.76. The molecule has 0 aliphatic rings. The lowest BCUT2D eigenvalue weighted by molar-refractivity contribution is 1.05. The first-order valence-corrected chi connectivity index (χ1v) is 8.14. The third kappa shape index (κ3) is 4.20. The van der Waals surface area contributed by atoms with Gasteiger partial charge in [0.1, 0.15) is 5.82 Å². The van der Waals surface area contributed by atoms with Crippen LogP contribution in [0.1, 0.15) is 12.5 Å². The predicted octanol–water partition coefficient (Wildman–Crippen LogP) is 4.24. The second-order valence-electron chi connectivity index (χ2n) is 5.21. The molecule has 0 amide bonds. The largest absolute Gasteiger partial charge is 0.366 e. The van der Waals surface area contributed by atoms with Crippen molar-refractivity contribution in [3.63, 3.8) is 0 Å². The van der Waals surface area contributed by atoms with Crippen molar-refractivity contribution in [2.24, 2.45) is 0 Å². The fourth-order valence-electron chi connectivity index (χ4n) is 2.23. The van der Waals surface area contributed by atoms with Crippen LogP contribution in [-0.2, 0) is 6.54 Å². The zero-order chi connectivity index (χ0) is 16.8. The number of hydrogen-bond donors (Lipinski definition) is 2. The van der Waals surface area contributed by atoms with Gasteiger partial charge >= 0.3 is 0 Å². The molecule has 0 spiro atoms. The minimum Gasteiger partial charge on any atom is -0.366 e. The lowest BCUT2D eigenvalue weighted by Crippen LogP contribution is -2.07. The highest BCUT2D eigenvalue weighted by Gasteiger charge is 2.06. The Morgan fingerprint density at radius 1 is 1.04 bits per heavy atom. The van der Waals surface area contributed by atoms with E-state index in [1.807, 2.05) is 49.4 Å². The molecule has 122 valence electrons. The number of nitrogens with zero attached hydrogens (tertiary/aromatic N) is 3. The Labute approximate surface area is 146 Å². The van der Waals surface area contributed by atoms with E-state index < -0.39 is 0 Å². The molecule has 0 bridgehead atoms. The van der Waals surface area contributed by atoms with Crippen molar-refractivity contribution < 1.29 is 0 Å². The standard InChI is InChI=1S/C18H18ClN5/c1-2-21-18-23-16(14-4-3-9-20-12-14)10-17(24-18)22-11-13-5-7-15(19)8-6-13/h3-10,12H,2,11H2,1H3,(H2,21,22,23,24). The van der Waals surface area contributed by atoms with Gasteiger partial charge in [0, 0.05) is 42.1 Å². The molecule has 3 rings (SSSR count). The summed E-state index contributed by atoms with van der Waals surface area (Å²) in [5, 5.41) is 7.23. The molecule has 2 heterocycles. The van der Waals surface area contributed by atoms with Gasteiger partial charge in [-0.3, -0.25) is 4.98 Å². The van der Waals surface area contributed by atoms with E-state index in [1.165, 1.54) is 0 Å². The summed E-state index contributed by atoms with van der Waals surface area (Å²) >= 11 is 5.92. The van der Waals surface area contributed by atoms with Gasteiger partial charge in [0.15, 0.2) is 0 Å². The van der Waals surface area contributed by atoms with Crippen LogP contribution >= 0.6 is 11.6 Å². The molecule has 2 aromatic heterocycles. The van der Waals surface area contributed by atoms with Gasteiger partial charge < -0.3 is 10.6 Å². The average Bonchev–Trinajstić information content (AvgIpc) is 2.62. The maximum atomic E-state index is 5.92. The molecule has 0 saturated heterocycles. The van der Waals surface area contributed by atoms with Crippen LogP contribution in [0.15, 0.2) is 54.9 Å². The number of rotatable bonds is 6. The smallest absolute Gasteiger partial charge is 0.225 e. The summed E-state index contributed by atoms with van der Waals surface area (Å²) in [5.41, 5.74) is 2.91. The lowest BCUT2D eigenvalue weighted by Gasteiger charge is -2.11. The number of benzene rings is 1. The maximum Gasteiger partial charge on any atom is 0.225 e. The van der Waals surface area contributed by atoms with E-state index in [2.05, 4.69) is 25.6 Å². The van der Waals surface area contributed by atoms with Gasteiger partial charge in [-0.1, -0.05) is 23.7 Å². The number of hydrogen-bond acceptors (Lipinski definition) is 5. The molecule has 24 heavy (non-hydrogen) atoms. The minimum absolute atomic E-state index is 0.595. The van der Waals surface area contributed by atoms with E-state index in [0.29, 0.717) is 12.5 Å². The van der Waals surface area contributed by atoms with Gasteiger partial charge in [-0.05, 0) is 36.8 Å².